The van der Waals surface area contributed by atoms with Crippen LogP contribution in [0.15, 0.2) is 36.4 Å². The largest absolute Gasteiger partial charge is 0.378 e. The number of hydrogen-bond donors (Lipinski definition) is 1. The molecule has 104 valence electrons. The first kappa shape index (κ1) is 13.5. The topological polar surface area (TPSA) is 32.3 Å². The minimum atomic E-state index is 0.207. The van der Waals surface area contributed by atoms with Crippen molar-refractivity contribution in [2.45, 2.75) is 19.4 Å². The molecule has 1 aromatic heterocycles. The van der Waals surface area contributed by atoms with Crippen molar-refractivity contribution in [3.8, 4) is 0 Å². The van der Waals surface area contributed by atoms with Crippen LogP contribution in [0.25, 0.3) is 0 Å². The monoisotopic (exact) mass is 306 g/mol. The Balaban J connectivity index is 1.77. The summed E-state index contributed by atoms with van der Waals surface area (Å²) in [6.45, 7) is 1.53. The van der Waals surface area contributed by atoms with Gasteiger partial charge in [-0.15, -0.1) is 11.3 Å². The molecule has 3 rings (SSSR count). The number of thiophene rings is 1. The van der Waals surface area contributed by atoms with Gasteiger partial charge in [0.25, 0.3) is 0 Å². The van der Waals surface area contributed by atoms with Crippen LogP contribution in [0.1, 0.15) is 17.7 Å². The van der Waals surface area contributed by atoms with E-state index in [-0.39, 0.29) is 5.91 Å². The smallest absolute Gasteiger partial charge is 0.227 e. The number of nitrogens with one attached hydrogen (secondary N) is 1. The second kappa shape index (κ2) is 5.85. The highest BCUT2D eigenvalue weighted by Gasteiger charge is 2.23. The fourth-order valence-electron chi connectivity index (χ4n) is 2.39. The molecule has 0 aliphatic carbocycles. The molecule has 0 unspecified atom stereocenters. The minimum absolute atomic E-state index is 0.207. The van der Waals surface area contributed by atoms with Crippen LogP contribution < -0.4 is 10.2 Å². The predicted molar refractivity (Wildman–Crippen MR) is 84.7 cm³/mol. The Bertz CT molecular complexity index is 626. The lowest BCUT2D eigenvalue weighted by molar-refractivity contribution is -0.117. The number of carbonyl (C=O) groups is 1. The molecule has 2 heterocycles. The van der Waals surface area contributed by atoms with Gasteiger partial charge in [0.2, 0.25) is 5.91 Å². The Hall–Kier alpha value is -1.52. The van der Waals surface area contributed by atoms with E-state index in [0.717, 1.165) is 35.2 Å². The zero-order valence-electron chi connectivity index (χ0n) is 10.9. The Morgan fingerprint density at radius 1 is 1.25 bits per heavy atom. The Morgan fingerprint density at radius 2 is 2.10 bits per heavy atom. The van der Waals surface area contributed by atoms with Crippen molar-refractivity contribution in [2.75, 3.05) is 16.8 Å². The van der Waals surface area contributed by atoms with Gasteiger partial charge >= 0.3 is 0 Å². The first-order valence-corrected chi connectivity index (χ1v) is 7.81. The van der Waals surface area contributed by atoms with Crippen LogP contribution in [0.5, 0.6) is 0 Å². The SMILES string of the molecule is O=C1CCCN1c1ccccc1NCc1ccc(Cl)s1. The fraction of sp³-hybridized carbons (Fsp3) is 0.267. The Morgan fingerprint density at radius 3 is 2.80 bits per heavy atom. The third kappa shape index (κ3) is 2.81. The summed E-state index contributed by atoms with van der Waals surface area (Å²) in [5.74, 6) is 0.207. The van der Waals surface area contributed by atoms with Crippen molar-refractivity contribution in [3.63, 3.8) is 0 Å². The van der Waals surface area contributed by atoms with E-state index in [1.54, 1.807) is 11.3 Å². The van der Waals surface area contributed by atoms with Gasteiger partial charge in [0, 0.05) is 24.4 Å². The van der Waals surface area contributed by atoms with Crippen LogP contribution in [0.2, 0.25) is 4.34 Å². The molecule has 0 spiro atoms. The van der Waals surface area contributed by atoms with Gasteiger partial charge in [-0.2, -0.15) is 0 Å². The average molecular weight is 307 g/mol. The molecule has 1 aromatic carbocycles. The molecule has 5 heteroatoms. The summed E-state index contributed by atoms with van der Waals surface area (Å²) in [4.78, 5) is 14.9. The second-order valence-corrected chi connectivity index (χ2v) is 6.53. The van der Waals surface area contributed by atoms with Crippen molar-refractivity contribution in [3.05, 3.63) is 45.6 Å². The summed E-state index contributed by atoms with van der Waals surface area (Å²) in [5, 5.41) is 3.40. The molecule has 2 aromatic rings. The number of carbonyl (C=O) groups excluding carboxylic acids is 1. The number of para-hydroxylation sites is 2. The van der Waals surface area contributed by atoms with Crippen LogP contribution in [0, 0.1) is 0 Å². The second-order valence-electron chi connectivity index (χ2n) is 4.73. The molecular weight excluding hydrogens is 292 g/mol. The number of anilines is 2. The van der Waals surface area contributed by atoms with Gasteiger partial charge in [-0.25, -0.2) is 0 Å². The maximum atomic E-state index is 11.9. The molecule has 0 bridgehead atoms. The van der Waals surface area contributed by atoms with Gasteiger partial charge in [-0.3, -0.25) is 4.79 Å². The van der Waals surface area contributed by atoms with E-state index in [4.69, 9.17) is 11.6 Å². The predicted octanol–water partition coefficient (Wildman–Crippen LogP) is 4.14. The van der Waals surface area contributed by atoms with Gasteiger partial charge in [0.1, 0.15) is 0 Å². The number of nitrogens with zero attached hydrogens (tertiary/aromatic N) is 1. The fourth-order valence-corrected chi connectivity index (χ4v) is 3.42. The Labute approximate surface area is 127 Å². The van der Waals surface area contributed by atoms with Crippen molar-refractivity contribution < 1.29 is 4.79 Å². The molecule has 1 fully saturated rings. The van der Waals surface area contributed by atoms with E-state index in [1.807, 2.05) is 41.3 Å². The summed E-state index contributed by atoms with van der Waals surface area (Å²) in [6.07, 6.45) is 1.59. The van der Waals surface area contributed by atoms with Crippen molar-refractivity contribution in [1.29, 1.82) is 0 Å². The van der Waals surface area contributed by atoms with Gasteiger partial charge < -0.3 is 10.2 Å². The molecule has 20 heavy (non-hydrogen) atoms. The molecule has 0 atom stereocenters. The van der Waals surface area contributed by atoms with Crippen molar-refractivity contribution >= 4 is 40.2 Å². The zero-order valence-corrected chi connectivity index (χ0v) is 12.5. The van der Waals surface area contributed by atoms with E-state index >= 15 is 0 Å². The molecule has 3 nitrogen and oxygen atoms in total. The summed E-state index contributed by atoms with van der Waals surface area (Å²) in [5.41, 5.74) is 1.96. The van der Waals surface area contributed by atoms with Crippen LogP contribution in [0.3, 0.4) is 0 Å². The van der Waals surface area contributed by atoms with Gasteiger partial charge in [-0.1, -0.05) is 23.7 Å². The van der Waals surface area contributed by atoms with E-state index in [0.29, 0.717) is 6.42 Å². The minimum Gasteiger partial charge on any atom is -0.378 e. The number of benzene rings is 1. The van der Waals surface area contributed by atoms with Crippen LogP contribution in [-0.4, -0.2) is 12.5 Å². The molecule has 0 radical (unpaired) electrons. The summed E-state index contributed by atoms with van der Waals surface area (Å²) in [6, 6.07) is 11.9. The first-order chi connectivity index (χ1) is 9.74. The maximum Gasteiger partial charge on any atom is 0.227 e. The highest BCUT2D eigenvalue weighted by molar-refractivity contribution is 7.16. The van der Waals surface area contributed by atoms with E-state index in [1.165, 1.54) is 4.88 Å². The standard InChI is InChI=1S/C15H15ClN2OS/c16-14-8-7-11(20-14)10-17-12-4-1-2-5-13(12)18-9-3-6-15(18)19/h1-2,4-5,7-8,17H,3,6,9-10H2. The van der Waals surface area contributed by atoms with E-state index < -0.39 is 0 Å². The molecule has 1 saturated heterocycles. The summed E-state index contributed by atoms with van der Waals surface area (Å²) < 4.78 is 0.796. The molecule has 1 amide bonds. The van der Waals surface area contributed by atoms with Crippen LogP contribution in [-0.2, 0) is 11.3 Å². The van der Waals surface area contributed by atoms with Crippen LogP contribution in [0.4, 0.5) is 11.4 Å². The normalized spacial score (nSPS) is 14.8. The quantitative estimate of drug-likeness (QED) is 0.920. The zero-order chi connectivity index (χ0) is 13.9. The number of rotatable bonds is 4. The van der Waals surface area contributed by atoms with Gasteiger partial charge in [-0.05, 0) is 30.7 Å². The van der Waals surface area contributed by atoms with Gasteiger partial charge in [0.05, 0.1) is 15.7 Å². The number of halogens is 1. The lowest BCUT2D eigenvalue weighted by Crippen LogP contribution is -2.24. The molecule has 1 aliphatic rings. The number of hydrogen-bond acceptors (Lipinski definition) is 3. The molecule has 1 aliphatic heterocycles. The number of amides is 1. The van der Waals surface area contributed by atoms with Gasteiger partial charge in [0.15, 0.2) is 0 Å². The summed E-state index contributed by atoms with van der Waals surface area (Å²) in [7, 11) is 0. The average Bonchev–Trinajstić information content (AvgIpc) is 3.05. The molecule has 0 saturated carbocycles. The molecule has 1 N–H and O–H groups in total. The Kier molecular flexibility index (Phi) is 3.94. The first-order valence-electron chi connectivity index (χ1n) is 6.61. The lowest BCUT2D eigenvalue weighted by atomic mass is 10.2. The van der Waals surface area contributed by atoms with E-state index in [2.05, 4.69) is 5.32 Å². The van der Waals surface area contributed by atoms with E-state index in [9.17, 15) is 4.79 Å². The maximum absolute atomic E-state index is 11.9. The highest BCUT2D eigenvalue weighted by atomic mass is 35.5. The highest BCUT2D eigenvalue weighted by Crippen LogP contribution is 2.30. The third-order valence-electron chi connectivity index (χ3n) is 3.35. The summed E-state index contributed by atoms with van der Waals surface area (Å²) >= 11 is 7.50. The van der Waals surface area contributed by atoms with Crippen molar-refractivity contribution in [1.82, 2.24) is 0 Å². The van der Waals surface area contributed by atoms with Crippen LogP contribution >= 0.6 is 22.9 Å². The lowest BCUT2D eigenvalue weighted by Gasteiger charge is -2.20. The van der Waals surface area contributed by atoms with Crippen molar-refractivity contribution in [2.24, 2.45) is 0 Å². The molecular formula is C15H15ClN2OS. The third-order valence-corrected chi connectivity index (χ3v) is 4.58.